The molecule has 1 amide bonds. The average Bonchev–Trinajstić information content (AvgIpc) is 2.66. The lowest BCUT2D eigenvalue weighted by molar-refractivity contribution is -0.127. The molecular weight excluding hydrogens is 346 g/mol. The Hall–Kier alpha value is -2.89. The van der Waals surface area contributed by atoms with Crippen molar-refractivity contribution < 1.29 is 23.7 Å². The van der Waals surface area contributed by atoms with Crippen LogP contribution in [0.3, 0.4) is 0 Å². The first-order valence-corrected chi connectivity index (χ1v) is 8.70. The zero-order chi connectivity index (χ0) is 20.0. The predicted molar refractivity (Wildman–Crippen MR) is 104 cm³/mol. The van der Waals surface area contributed by atoms with Crippen molar-refractivity contribution in [3.05, 3.63) is 47.0 Å². The fourth-order valence-electron chi connectivity index (χ4n) is 2.80. The van der Waals surface area contributed by atoms with Crippen LogP contribution in [0, 0.1) is 13.8 Å². The first-order chi connectivity index (χ1) is 12.9. The molecule has 0 aliphatic rings. The fraction of sp³-hybridized carbons (Fsp3) is 0.381. The van der Waals surface area contributed by atoms with Crippen LogP contribution >= 0.6 is 0 Å². The molecule has 146 valence electrons. The van der Waals surface area contributed by atoms with Crippen molar-refractivity contribution in [2.75, 3.05) is 21.3 Å². The molecule has 0 saturated heterocycles. The summed E-state index contributed by atoms with van der Waals surface area (Å²) in [5.74, 6) is 2.07. The molecule has 2 rings (SSSR count). The van der Waals surface area contributed by atoms with Crippen LogP contribution in [-0.2, 0) is 11.3 Å². The molecule has 1 unspecified atom stereocenters. The van der Waals surface area contributed by atoms with Gasteiger partial charge in [-0.15, -0.1) is 0 Å². The number of amides is 1. The quantitative estimate of drug-likeness (QED) is 0.768. The third-order valence-corrected chi connectivity index (χ3v) is 4.24. The van der Waals surface area contributed by atoms with Crippen molar-refractivity contribution >= 4 is 5.91 Å². The van der Waals surface area contributed by atoms with E-state index in [1.807, 2.05) is 38.1 Å². The normalized spacial score (nSPS) is 11.5. The molecule has 6 nitrogen and oxygen atoms in total. The van der Waals surface area contributed by atoms with Crippen LogP contribution in [0.15, 0.2) is 30.3 Å². The SMILES string of the molecule is COc1ccc(CNC(=O)C(C)Oc2ccc(C)cc2C)c(OC)c1OC. The maximum absolute atomic E-state index is 12.4. The monoisotopic (exact) mass is 373 g/mol. The van der Waals surface area contributed by atoms with Gasteiger partial charge in [0.1, 0.15) is 5.75 Å². The van der Waals surface area contributed by atoms with Gasteiger partial charge in [0.2, 0.25) is 5.75 Å². The Morgan fingerprint density at radius 2 is 1.63 bits per heavy atom. The minimum atomic E-state index is -0.627. The van der Waals surface area contributed by atoms with E-state index in [-0.39, 0.29) is 12.5 Å². The summed E-state index contributed by atoms with van der Waals surface area (Å²) >= 11 is 0. The van der Waals surface area contributed by atoms with Gasteiger partial charge in [-0.25, -0.2) is 0 Å². The number of carbonyl (C=O) groups is 1. The fourth-order valence-corrected chi connectivity index (χ4v) is 2.80. The molecule has 2 aromatic rings. The minimum absolute atomic E-state index is 0.216. The summed E-state index contributed by atoms with van der Waals surface area (Å²) in [6.45, 7) is 5.98. The number of methoxy groups -OCH3 is 3. The van der Waals surface area contributed by atoms with E-state index in [4.69, 9.17) is 18.9 Å². The van der Waals surface area contributed by atoms with E-state index in [2.05, 4.69) is 5.32 Å². The molecule has 6 heteroatoms. The summed E-state index contributed by atoms with van der Waals surface area (Å²) in [5.41, 5.74) is 2.93. The van der Waals surface area contributed by atoms with Gasteiger partial charge >= 0.3 is 0 Å². The molecule has 0 radical (unpaired) electrons. The van der Waals surface area contributed by atoms with E-state index in [1.54, 1.807) is 34.3 Å². The van der Waals surface area contributed by atoms with Crippen LogP contribution in [-0.4, -0.2) is 33.3 Å². The summed E-state index contributed by atoms with van der Waals surface area (Å²) in [6, 6.07) is 9.47. The number of aryl methyl sites for hydroxylation is 2. The van der Waals surface area contributed by atoms with E-state index in [1.165, 1.54) is 0 Å². The highest BCUT2D eigenvalue weighted by atomic mass is 16.5. The molecule has 2 aromatic carbocycles. The van der Waals surface area contributed by atoms with Gasteiger partial charge < -0.3 is 24.3 Å². The molecule has 0 aliphatic heterocycles. The number of hydrogen-bond acceptors (Lipinski definition) is 5. The van der Waals surface area contributed by atoms with Crippen molar-refractivity contribution in [1.29, 1.82) is 0 Å². The summed E-state index contributed by atoms with van der Waals surface area (Å²) in [6.07, 6.45) is -0.627. The Kier molecular flexibility index (Phi) is 6.93. The maximum Gasteiger partial charge on any atom is 0.261 e. The molecule has 0 bridgehead atoms. The van der Waals surface area contributed by atoms with Crippen LogP contribution in [0.4, 0.5) is 0 Å². The Bertz CT molecular complexity index is 803. The summed E-state index contributed by atoms with van der Waals surface area (Å²) in [5, 5.41) is 2.87. The molecule has 0 fully saturated rings. The summed E-state index contributed by atoms with van der Waals surface area (Å²) < 4.78 is 21.9. The third kappa shape index (κ3) is 4.84. The van der Waals surface area contributed by atoms with Crippen LogP contribution < -0.4 is 24.3 Å². The van der Waals surface area contributed by atoms with Crippen molar-refractivity contribution in [3.8, 4) is 23.0 Å². The topological polar surface area (TPSA) is 66.0 Å². The van der Waals surface area contributed by atoms with Crippen molar-refractivity contribution in [3.63, 3.8) is 0 Å². The van der Waals surface area contributed by atoms with Gasteiger partial charge in [-0.1, -0.05) is 17.7 Å². The summed E-state index contributed by atoms with van der Waals surface area (Å²) in [4.78, 5) is 12.4. The molecule has 0 spiro atoms. The number of hydrogen-bond donors (Lipinski definition) is 1. The van der Waals surface area contributed by atoms with E-state index in [9.17, 15) is 4.79 Å². The highest BCUT2D eigenvalue weighted by Gasteiger charge is 2.19. The smallest absolute Gasteiger partial charge is 0.261 e. The van der Waals surface area contributed by atoms with Crippen molar-refractivity contribution in [2.45, 2.75) is 33.4 Å². The van der Waals surface area contributed by atoms with E-state index >= 15 is 0 Å². The van der Waals surface area contributed by atoms with Gasteiger partial charge in [-0.05, 0) is 44.5 Å². The molecule has 0 saturated carbocycles. The van der Waals surface area contributed by atoms with E-state index in [0.717, 1.165) is 16.7 Å². The first-order valence-electron chi connectivity index (χ1n) is 8.70. The highest BCUT2D eigenvalue weighted by Crippen LogP contribution is 2.39. The van der Waals surface area contributed by atoms with Gasteiger partial charge in [-0.2, -0.15) is 0 Å². The lowest BCUT2D eigenvalue weighted by Crippen LogP contribution is -2.36. The van der Waals surface area contributed by atoms with Gasteiger partial charge in [0.15, 0.2) is 17.6 Å². The predicted octanol–water partition coefficient (Wildman–Crippen LogP) is 3.41. The van der Waals surface area contributed by atoms with Crippen LogP contribution in [0.1, 0.15) is 23.6 Å². The van der Waals surface area contributed by atoms with Crippen molar-refractivity contribution in [1.82, 2.24) is 5.32 Å². The van der Waals surface area contributed by atoms with Gasteiger partial charge in [0, 0.05) is 12.1 Å². The highest BCUT2D eigenvalue weighted by molar-refractivity contribution is 5.80. The molecule has 0 aliphatic carbocycles. The zero-order valence-electron chi connectivity index (χ0n) is 16.7. The number of carbonyl (C=O) groups excluding carboxylic acids is 1. The van der Waals surface area contributed by atoms with Crippen LogP contribution in [0.25, 0.3) is 0 Å². The lowest BCUT2D eigenvalue weighted by atomic mass is 10.1. The van der Waals surface area contributed by atoms with Gasteiger partial charge in [0.25, 0.3) is 5.91 Å². The Labute approximate surface area is 160 Å². The lowest BCUT2D eigenvalue weighted by Gasteiger charge is -2.18. The standard InChI is InChI=1S/C21H27NO5/c1-13-7-9-17(14(2)11-13)27-15(3)21(23)22-12-16-8-10-18(24-4)20(26-6)19(16)25-5/h7-11,15H,12H2,1-6H3,(H,22,23). The number of rotatable bonds is 8. The third-order valence-electron chi connectivity index (χ3n) is 4.24. The van der Waals surface area contributed by atoms with Gasteiger partial charge in [-0.3, -0.25) is 4.79 Å². The van der Waals surface area contributed by atoms with E-state index < -0.39 is 6.10 Å². The number of ether oxygens (including phenoxy) is 4. The second kappa shape index (κ2) is 9.16. The molecule has 0 heterocycles. The molecule has 27 heavy (non-hydrogen) atoms. The minimum Gasteiger partial charge on any atom is -0.493 e. The Morgan fingerprint density at radius 3 is 2.22 bits per heavy atom. The van der Waals surface area contributed by atoms with Gasteiger partial charge in [0.05, 0.1) is 21.3 Å². The number of nitrogens with one attached hydrogen (secondary N) is 1. The second-order valence-corrected chi connectivity index (χ2v) is 6.24. The first kappa shape index (κ1) is 20.4. The molecule has 0 aromatic heterocycles. The molecular formula is C21H27NO5. The average molecular weight is 373 g/mol. The molecule has 1 N–H and O–H groups in total. The second-order valence-electron chi connectivity index (χ2n) is 6.24. The Balaban J connectivity index is 2.06. The summed E-state index contributed by atoms with van der Waals surface area (Å²) in [7, 11) is 4.65. The van der Waals surface area contributed by atoms with Crippen LogP contribution in [0.5, 0.6) is 23.0 Å². The maximum atomic E-state index is 12.4. The number of benzene rings is 2. The Morgan fingerprint density at radius 1 is 0.963 bits per heavy atom. The zero-order valence-corrected chi connectivity index (χ0v) is 16.7. The van der Waals surface area contributed by atoms with Crippen LogP contribution in [0.2, 0.25) is 0 Å². The van der Waals surface area contributed by atoms with E-state index in [0.29, 0.717) is 23.0 Å². The molecule has 1 atom stereocenters. The largest absolute Gasteiger partial charge is 0.493 e. The van der Waals surface area contributed by atoms with Crippen molar-refractivity contribution in [2.24, 2.45) is 0 Å².